The molecule has 114 valence electrons. The van der Waals surface area contributed by atoms with E-state index in [4.69, 9.17) is 0 Å². The molecule has 0 aromatic carbocycles. The minimum atomic E-state index is -0.756. The van der Waals surface area contributed by atoms with Crippen molar-refractivity contribution < 1.29 is 14.7 Å². The fourth-order valence-electron chi connectivity index (χ4n) is 3.20. The molecule has 6 nitrogen and oxygen atoms in total. The topological polar surface area (TPSA) is 64.1 Å². The van der Waals surface area contributed by atoms with Crippen molar-refractivity contribution in [2.45, 2.75) is 26.2 Å². The normalized spacial score (nSPS) is 27.9. The molecule has 2 aliphatic rings. The first-order valence-electron chi connectivity index (χ1n) is 7.44. The van der Waals surface area contributed by atoms with Gasteiger partial charge in [0.2, 0.25) is 0 Å². The quantitative estimate of drug-likeness (QED) is 0.837. The number of nitrogens with zero attached hydrogens (tertiary/aromatic N) is 3. The SMILES string of the molecule is CCCC1(C(=O)O)CCN(C(=O)N2CCN(C)CC2)C1. The van der Waals surface area contributed by atoms with Crippen LogP contribution in [0.1, 0.15) is 26.2 Å². The zero-order chi connectivity index (χ0) is 14.8. The molecule has 0 spiro atoms. The van der Waals surface area contributed by atoms with Crippen molar-refractivity contribution in [3.05, 3.63) is 0 Å². The van der Waals surface area contributed by atoms with E-state index in [9.17, 15) is 14.7 Å². The van der Waals surface area contributed by atoms with Gasteiger partial charge < -0.3 is 19.8 Å². The van der Waals surface area contributed by atoms with E-state index in [1.54, 1.807) is 4.90 Å². The minimum absolute atomic E-state index is 0.0114. The number of amides is 2. The Hall–Kier alpha value is -1.30. The molecule has 0 aromatic rings. The molecule has 2 rings (SSSR count). The highest BCUT2D eigenvalue weighted by molar-refractivity contribution is 5.80. The molecule has 2 saturated heterocycles. The molecule has 2 amide bonds. The summed E-state index contributed by atoms with van der Waals surface area (Å²) in [4.78, 5) is 29.8. The number of hydrogen-bond acceptors (Lipinski definition) is 3. The summed E-state index contributed by atoms with van der Waals surface area (Å²) in [6, 6.07) is 0.0114. The molecule has 20 heavy (non-hydrogen) atoms. The molecule has 0 aliphatic carbocycles. The zero-order valence-electron chi connectivity index (χ0n) is 12.5. The van der Waals surface area contributed by atoms with Crippen LogP contribution < -0.4 is 0 Å². The number of likely N-dealkylation sites (N-methyl/N-ethyl adjacent to an activating group) is 1. The van der Waals surface area contributed by atoms with Crippen LogP contribution >= 0.6 is 0 Å². The van der Waals surface area contributed by atoms with Crippen molar-refractivity contribution in [3.8, 4) is 0 Å². The van der Waals surface area contributed by atoms with Crippen LogP contribution in [-0.2, 0) is 4.79 Å². The smallest absolute Gasteiger partial charge is 0.320 e. The Morgan fingerprint density at radius 3 is 2.30 bits per heavy atom. The van der Waals surface area contributed by atoms with Crippen LogP contribution in [0.3, 0.4) is 0 Å². The zero-order valence-corrected chi connectivity index (χ0v) is 12.5. The lowest BCUT2D eigenvalue weighted by Gasteiger charge is -2.35. The molecular weight excluding hydrogens is 258 g/mol. The van der Waals surface area contributed by atoms with Crippen molar-refractivity contribution in [2.75, 3.05) is 46.3 Å². The van der Waals surface area contributed by atoms with Gasteiger partial charge in [0, 0.05) is 39.3 Å². The van der Waals surface area contributed by atoms with Crippen molar-refractivity contribution >= 4 is 12.0 Å². The third-order valence-electron chi connectivity index (χ3n) is 4.58. The van der Waals surface area contributed by atoms with Crippen molar-refractivity contribution in [1.82, 2.24) is 14.7 Å². The number of carboxylic acids is 1. The van der Waals surface area contributed by atoms with Gasteiger partial charge in [-0.15, -0.1) is 0 Å². The fraction of sp³-hybridized carbons (Fsp3) is 0.857. The van der Waals surface area contributed by atoms with E-state index in [0.717, 1.165) is 32.6 Å². The lowest BCUT2D eigenvalue weighted by molar-refractivity contribution is -0.148. The maximum absolute atomic E-state index is 12.5. The van der Waals surface area contributed by atoms with E-state index in [1.165, 1.54) is 0 Å². The van der Waals surface area contributed by atoms with E-state index in [-0.39, 0.29) is 6.03 Å². The summed E-state index contributed by atoms with van der Waals surface area (Å²) in [5.41, 5.74) is -0.725. The number of likely N-dealkylation sites (tertiary alicyclic amines) is 1. The van der Waals surface area contributed by atoms with E-state index < -0.39 is 11.4 Å². The van der Waals surface area contributed by atoms with Crippen LogP contribution in [-0.4, -0.2) is 78.1 Å². The molecule has 0 bridgehead atoms. The maximum Gasteiger partial charge on any atom is 0.320 e. The second-order valence-electron chi connectivity index (χ2n) is 6.08. The van der Waals surface area contributed by atoms with Crippen molar-refractivity contribution in [3.63, 3.8) is 0 Å². The fourth-order valence-corrected chi connectivity index (χ4v) is 3.20. The molecule has 2 aliphatic heterocycles. The highest BCUT2D eigenvalue weighted by Gasteiger charge is 2.46. The van der Waals surface area contributed by atoms with Gasteiger partial charge in [-0.25, -0.2) is 4.79 Å². The van der Waals surface area contributed by atoms with E-state index >= 15 is 0 Å². The van der Waals surface area contributed by atoms with Crippen molar-refractivity contribution in [1.29, 1.82) is 0 Å². The van der Waals surface area contributed by atoms with Crippen LogP contribution in [0, 0.1) is 5.41 Å². The molecule has 6 heteroatoms. The van der Waals surface area contributed by atoms with Gasteiger partial charge in [-0.1, -0.05) is 13.3 Å². The summed E-state index contributed by atoms with van der Waals surface area (Å²) in [6.45, 7) is 6.17. The summed E-state index contributed by atoms with van der Waals surface area (Å²) < 4.78 is 0. The standard InChI is InChI=1S/C14H25N3O3/c1-3-4-14(12(18)19)5-6-17(11-14)13(20)16-9-7-15(2)8-10-16/h3-11H2,1-2H3,(H,18,19). The Balaban J connectivity index is 1.97. The number of carboxylic acid groups (broad SMARTS) is 1. The first-order valence-corrected chi connectivity index (χ1v) is 7.44. The van der Waals surface area contributed by atoms with Crippen LogP contribution in [0.15, 0.2) is 0 Å². The van der Waals surface area contributed by atoms with Gasteiger partial charge in [-0.2, -0.15) is 0 Å². The molecule has 0 radical (unpaired) electrons. The van der Waals surface area contributed by atoms with Crippen LogP contribution in [0.4, 0.5) is 4.79 Å². The number of urea groups is 1. The van der Waals surface area contributed by atoms with Gasteiger partial charge >= 0.3 is 12.0 Å². The second-order valence-corrected chi connectivity index (χ2v) is 6.08. The Bertz CT molecular complexity index is 380. The van der Waals surface area contributed by atoms with E-state index in [2.05, 4.69) is 4.90 Å². The number of rotatable bonds is 3. The highest BCUT2D eigenvalue weighted by Crippen LogP contribution is 2.36. The number of piperazine rings is 1. The van der Waals surface area contributed by atoms with Gasteiger partial charge in [0.05, 0.1) is 5.41 Å². The largest absolute Gasteiger partial charge is 0.481 e. The Morgan fingerprint density at radius 1 is 1.10 bits per heavy atom. The second kappa shape index (κ2) is 5.99. The molecular formula is C14H25N3O3. The number of hydrogen-bond donors (Lipinski definition) is 1. The summed E-state index contributed by atoms with van der Waals surface area (Å²) in [7, 11) is 2.05. The summed E-state index contributed by atoms with van der Waals surface area (Å²) in [5, 5.41) is 9.48. The Kier molecular flexibility index (Phi) is 4.52. The van der Waals surface area contributed by atoms with Gasteiger partial charge in [0.25, 0.3) is 0 Å². The third-order valence-corrected chi connectivity index (χ3v) is 4.58. The monoisotopic (exact) mass is 283 g/mol. The lowest BCUT2D eigenvalue weighted by Crippen LogP contribution is -2.52. The third kappa shape index (κ3) is 2.90. The first-order chi connectivity index (χ1) is 9.48. The molecule has 2 fully saturated rings. The van der Waals surface area contributed by atoms with Gasteiger partial charge in [-0.05, 0) is 19.9 Å². The summed E-state index contributed by atoms with van der Waals surface area (Å²) >= 11 is 0. The van der Waals surface area contributed by atoms with Gasteiger partial charge in [-0.3, -0.25) is 4.79 Å². The van der Waals surface area contributed by atoms with Crippen LogP contribution in [0.2, 0.25) is 0 Å². The Labute approximate surface area is 120 Å². The molecule has 1 unspecified atom stereocenters. The maximum atomic E-state index is 12.5. The number of carbonyl (C=O) groups is 2. The average Bonchev–Trinajstić information content (AvgIpc) is 2.85. The summed E-state index contributed by atoms with van der Waals surface area (Å²) in [5.74, 6) is -0.756. The molecule has 0 saturated carbocycles. The number of aliphatic carboxylic acids is 1. The van der Waals surface area contributed by atoms with Crippen LogP contribution in [0.5, 0.6) is 0 Å². The lowest BCUT2D eigenvalue weighted by atomic mass is 9.83. The molecule has 1 atom stereocenters. The molecule has 2 heterocycles. The van der Waals surface area contributed by atoms with Gasteiger partial charge in [0.1, 0.15) is 0 Å². The number of carbonyl (C=O) groups excluding carboxylic acids is 1. The first kappa shape index (κ1) is 15.1. The molecule has 1 N–H and O–H groups in total. The Morgan fingerprint density at radius 2 is 1.75 bits per heavy atom. The summed E-state index contributed by atoms with van der Waals surface area (Å²) in [6.07, 6.45) is 2.06. The molecule has 0 aromatic heterocycles. The van der Waals surface area contributed by atoms with Gasteiger partial charge in [0.15, 0.2) is 0 Å². The highest BCUT2D eigenvalue weighted by atomic mass is 16.4. The van der Waals surface area contributed by atoms with Crippen molar-refractivity contribution in [2.24, 2.45) is 5.41 Å². The minimum Gasteiger partial charge on any atom is -0.481 e. The predicted octanol–water partition coefficient (Wildman–Crippen LogP) is 0.931. The van der Waals surface area contributed by atoms with E-state index in [1.807, 2.05) is 18.9 Å². The predicted molar refractivity (Wildman–Crippen MR) is 75.6 cm³/mol. The van der Waals surface area contributed by atoms with Crippen LogP contribution in [0.25, 0.3) is 0 Å². The van der Waals surface area contributed by atoms with E-state index in [0.29, 0.717) is 25.9 Å². The average molecular weight is 283 g/mol.